The summed E-state index contributed by atoms with van der Waals surface area (Å²) in [6, 6.07) is 12.6. The molecule has 0 saturated carbocycles. The molecule has 3 rings (SSSR count). The van der Waals surface area contributed by atoms with Gasteiger partial charge in [-0.15, -0.1) is 6.58 Å². The molecule has 0 unspecified atom stereocenters. The minimum atomic E-state index is -0.669. The van der Waals surface area contributed by atoms with Gasteiger partial charge < -0.3 is 4.65 Å². The van der Waals surface area contributed by atoms with E-state index in [1.165, 1.54) is 18.1 Å². The summed E-state index contributed by atoms with van der Waals surface area (Å²) in [5, 5.41) is 0.924. The number of nitrogens with zero attached hydrogens (tertiary/aromatic N) is 1. The smallest absolute Gasteiger partial charge is 0.418 e. The highest BCUT2D eigenvalue weighted by molar-refractivity contribution is 6.72. The van der Waals surface area contributed by atoms with Gasteiger partial charge in [0.2, 0.25) is 0 Å². The van der Waals surface area contributed by atoms with Crippen LogP contribution in [0.5, 0.6) is 5.75 Å². The van der Waals surface area contributed by atoms with Gasteiger partial charge in [-0.25, -0.2) is 8.78 Å². The molecule has 0 fully saturated rings. The van der Waals surface area contributed by atoms with Crippen LogP contribution in [0.3, 0.4) is 0 Å². The van der Waals surface area contributed by atoms with Gasteiger partial charge in [-0.2, -0.15) is 0 Å². The maximum atomic E-state index is 13.4. The molecule has 0 atom stereocenters. The number of halogens is 2. The number of fused-ring (bicyclic) bond motifs is 1. The quantitative estimate of drug-likeness (QED) is 0.687. The van der Waals surface area contributed by atoms with Gasteiger partial charge in [-0.05, 0) is 29.7 Å². The zero-order valence-corrected chi connectivity index (χ0v) is 11.7. The maximum absolute atomic E-state index is 13.4. The van der Waals surface area contributed by atoms with Crippen molar-refractivity contribution in [1.29, 1.82) is 0 Å². The molecular formula is C17H12BF2NO. The lowest BCUT2D eigenvalue weighted by Gasteiger charge is -2.14. The Kier molecular flexibility index (Phi) is 3.87. The summed E-state index contributed by atoms with van der Waals surface area (Å²) in [5.74, 6) is 0.728. The molecule has 5 heteroatoms. The zero-order chi connectivity index (χ0) is 15.5. The monoisotopic (exact) mass is 295 g/mol. The molecule has 0 amide bonds. The summed E-state index contributed by atoms with van der Waals surface area (Å²) in [4.78, 5) is 4.29. The van der Waals surface area contributed by atoms with E-state index in [9.17, 15) is 8.78 Å². The largest absolute Gasteiger partial charge is 0.550 e. The minimum Gasteiger partial charge on any atom is -0.550 e. The van der Waals surface area contributed by atoms with Gasteiger partial charge in [0.1, 0.15) is 22.9 Å². The number of rotatable bonds is 4. The topological polar surface area (TPSA) is 22.1 Å². The van der Waals surface area contributed by atoms with Crippen molar-refractivity contribution in [2.75, 3.05) is 0 Å². The lowest BCUT2D eigenvalue weighted by molar-refractivity contribution is 0.578. The predicted octanol–water partition coefficient (Wildman–Crippen LogP) is 3.52. The van der Waals surface area contributed by atoms with Gasteiger partial charge in [-0.3, -0.25) is 4.98 Å². The summed E-state index contributed by atoms with van der Waals surface area (Å²) in [6.45, 7) is 3.01. The van der Waals surface area contributed by atoms with Gasteiger partial charge in [0.15, 0.2) is 0 Å². The number of aromatic nitrogens is 1. The molecule has 0 radical (unpaired) electrons. The molecule has 2 aromatic carbocycles. The Morgan fingerprint density at radius 1 is 1.05 bits per heavy atom. The van der Waals surface area contributed by atoms with E-state index in [4.69, 9.17) is 4.65 Å². The molecule has 3 aromatic rings. The maximum Gasteiger partial charge on any atom is 0.418 e. The van der Waals surface area contributed by atoms with Crippen molar-refractivity contribution in [3.63, 3.8) is 0 Å². The van der Waals surface area contributed by atoms with Crippen LogP contribution in [-0.4, -0.2) is 11.9 Å². The van der Waals surface area contributed by atoms with Crippen LogP contribution in [0.4, 0.5) is 8.78 Å². The highest BCUT2D eigenvalue weighted by atomic mass is 19.1. The van der Waals surface area contributed by atoms with Crippen LogP contribution in [0.2, 0.25) is 0 Å². The first-order valence-corrected chi connectivity index (χ1v) is 6.76. The van der Waals surface area contributed by atoms with Crippen molar-refractivity contribution in [2.24, 2.45) is 0 Å². The number of hydrogen-bond acceptors (Lipinski definition) is 2. The fourth-order valence-electron chi connectivity index (χ4n) is 2.30. The predicted molar refractivity (Wildman–Crippen MR) is 84.3 cm³/mol. The summed E-state index contributed by atoms with van der Waals surface area (Å²) >= 11 is 0. The molecule has 0 aliphatic rings. The Morgan fingerprint density at radius 2 is 1.77 bits per heavy atom. The highest BCUT2D eigenvalue weighted by Gasteiger charge is 2.20. The minimum absolute atomic E-state index is 0.362. The van der Waals surface area contributed by atoms with Crippen molar-refractivity contribution in [1.82, 2.24) is 4.98 Å². The first-order chi connectivity index (χ1) is 10.7. The number of para-hydroxylation sites is 1. The second-order valence-electron chi connectivity index (χ2n) is 4.81. The molecule has 0 aliphatic carbocycles. The van der Waals surface area contributed by atoms with Gasteiger partial charge >= 0.3 is 6.92 Å². The van der Waals surface area contributed by atoms with E-state index in [-0.39, 0.29) is 0 Å². The van der Waals surface area contributed by atoms with E-state index < -0.39 is 18.6 Å². The Balaban J connectivity index is 2.00. The van der Waals surface area contributed by atoms with Crippen LogP contribution in [0.1, 0.15) is 0 Å². The molecule has 1 heterocycles. The molecule has 108 valence electrons. The van der Waals surface area contributed by atoms with Crippen LogP contribution >= 0.6 is 0 Å². The van der Waals surface area contributed by atoms with Crippen molar-refractivity contribution in [2.45, 2.75) is 0 Å². The Hall–Kier alpha value is -2.69. The van der Waals surface area contributed by atoms with E-state index in [1.54, 1.807) is 12.3 Å². The molecule has 2 nitrogen and oxygen atoms in total. The number of pyridine rings is 1. The molecular weight excluding hydrogens is 283 g/mol. The Morgan fingerprint density at radius 3 is 2.50 bits per heavy atom. The highest BCUT2D eigenvalue weighted by Crippen LogP contribution is 2.23. The summed E-state index contributed by atoms with van der Waals surface area (Å²) in [5.41, 5.74) is 1.05. The lowest BCUT2D eigenvalue weighted by atomic mass is 9.61. The van der Waals surface area contributed by atoms with E-state index in [2.05, 4.69) is 11.6 Å². The van der Waals surface area contributed by atoms with Crippen LogP contribution in [0.15, 0.2) is 67.3 Å². The van der Waals surface area contributed by atoms with Gasteiger partial charge in [-0.1, -0.05) is 24.2 Å². The Labute approximate surface area is 127 Å². The molecule has 0 bridgehead atoms. The van der Waals surface area contributed by atoms with E-state index in [1.807, 2.05) is 24.3 Å². The average Bonchev–Trinajstić information content (AvgIpc) is 2.51. The van der Waals surface area contributed by atoms with Crippen molar-refractivity contribution < 1.29 is 13.4 Å². The molecule has 0 N–H and O–H groups in total. The average molecular weight is 295 g/mol. The second kappa shape index (κ2) is 5.97. The van der Waals surface area contributed by atoms with Crippen LogP contribution in [0, 0.1) is 11.6 Å². The normalized spacial score (nSPS) is 10.5. The zero-order valence-electron chi connectivity index (χ0n) is 11.7. The standard InChI is InChI=1S/C17H12BF2NO/c1-2-18(13-9-14(19)11-15(20)10-13)22-16-7-3-5-12-6-4-8-21-17(12)16/h2-11H,1H2. The van der Waals surface area contributed by atoms with Crippen molar-refractivity contribution in [3.8, 4) is 5.75 Å². The second-order valence-corrected chi connectivity index (χ2v) is 4.81. The number of benzene rings is 2. The van der Waals surface area contributed by atoms with Crippen LogP contribution in [-0.2, 0) is 0 Å². The van der Waals surface area contributed by atoms with E-state index >= 15 is 0 Å². The Bertz CT molecular complexity index is 812. The third kappa shape index (κ3) is 2.84. The third-order valence-electron chi connectivity index (χ3n) is 3.28. The van der Waals surface area contributed by atoms with Gasteiger partial charge in [0.25, 0.3) is 0 Å². The first-order valence-electron chi connectivity index (χ1n) is 6.76. The van der Waals surface area contributed by atoms with E-state index in [0.29, 0.717) is 16.7 Å². The third-order valence-corrected chi connectivity index (χ3v) is 3.28. The number of hydrogen-bond donors (Lipinski definition) is 0. The van der Waals surface area contributed by atoms with Gasteiger partial charge in [0.05, 0.1) is 0 Å². The van der Waals surface area contributed by atoms with Crippen LogP contribution in [0.25, 0.3) is 10.9 Å². The lowest BCUT2D eigenvalue weighted by Crippen LogP contribution is -2.35. The summed E-state index contributed by atoms with van der Waals surface area (Å²) < 4.78 is 32.6. The molecule has 1 aromatic heterocycles. The summed E-state index contributed by atoms with van der Waals surface area (Å²) in [6.07, 6.45) is 1.67. The fourth-order valence-corrected chi connectivity index (χ4v) is 2.30. The molecule has 22 heavy (non-hydrogen) atoms. The fraction of sp³-hybridized carbons (Fsp3) is 0. The molecule has 0 spiro atoms. The SMILES string of the molecule is C=CB(Oc1cccc2cccnc12)c1cc(F)cc(F)c1. The van der Waals surface area contributed by atoms with Crippen LogP contribution < -0.4 is 10.1 Å². The van der Waals surface area contributed by atoms with E-state index in [0.717, 1.165) is 11.5 Å². The molecule has 0 aliphatic heterocycles. The van der Waals surface area contributed by atoms with Crippen molar-refractivity contribution >= 4 is 23.3 Å². The first kappa shape index (κ1) is 14.3. The van der Waals surface area contributed by atoms with Crippen molar-refractivity contribution in [3.05, 3.63) is 78.9 Å². The molecule has 0 saturated heterocycles. The summed E-state index contributed by atoms with van der Waals surface area (Å²) in [7, 11) is 0. The van der Waals surface area contributed by atoms with Gasteiger partial charge in [0, 0.05) is 17.6 Å².